The molecular formula is C20H23NO. The van der Waals surface area contributed by atoms with E-state index in [1.54, 1.807) is 7.11 Å². The molecule has 0 aromatic heterocycles. The van der Waals surface area contributed by atoms with Crippen molar-refractivity contribution in [1.82, 2.24) is 0 Å². The Balaban J connectivity index is 1.62. The summed E-state index contributed by atoms with van der Waals surface area (Å²) >= 11 is 0. The number of hydrogen-bond acceptors (Lipinski definition) is 2. The SMILES string of the molecule is COc1ccc(-c2ccccc2)cc1N[C@H]1C[C@@H]2CC[C@@H]1C2. The molecule has 0 heterocycles. The maximum atomic E-state index is 5.56. The fraction of sp³-hybridized carbons (Fsp3) is 0.400. The normalized spacial score (nSPS) is 26.1. The molecule has 2 aromatic carbocycles. The van der Waals surface area contributed by atoms with Gasteiger partial charge in [0.05, 0.1) is 12.8 Å². The van der Waals surface area contributed by atoms with Gasteiger partial charge in [0.1, 0.15) is 5.75 Å². The first-order chi connectivity index (χ1) is 10.8. The van der Waals surface area contributed by atoms with Crippen LogP contribution in [0.25, 0.3) is 11.1 Å². The van der Waals surface area contributed by atoms with Crippen LogP contribution in [0.1, 0.15) is 25.7 Å². The number of anilines is 1. The molecule has 22 heavy (non-hydrogen) atoms. The van der Waals surface area contributed by atoms with E-state index in [0.717, 1.165) is 23.3 Å². The van der Waals surface area contributed by atoms with E-state index in [-0.39, 0.29) is 0 Å². The highest BCUT2D eigenvalue weighted by Gasteiger charge is 2.39. The van der Waals surface area contributed by atoms with Gasteiger partial charge in [0.15, 0.2) is 0 Å². The van der Waals surface area contributed by atoms with E-state index < -0.39 is 0 Å². The summed E-state index contributed by atoms with van der Waals surface area (Å²) in [6.07, 6.45) is 5.56. The molecule has 1 N–H and O–H groups in total. The summed E-state index contributed by atoms with van der Waals surface area (Å²) in [5.74, 6) is 2.75. The third kappa shape index (κ3) is 2.47. The van der Waals surface area contributed by atoms with E-state index in [2.05, 4.69) is 53.8 Å². The topological polar surface area (TPSA) is 21.3 Å². The van der Waals surface area contributed by atoms with Crippen molar-refractivity contribution in [3.05, 3.63) is 48.5 Å². The fourth-order valence-electron chi connectivity index (χ4n) is 4.25. The van der Waals surface area contributed by atoms with E-state index in [4.69, 9.17) is 4.74 Å². The van der Waals surface area contributed by atoms with E-state index >= 15 is 0 Å². The molecule has 2 saturated carbocycles. The standard InChI is InChI=1S/C20H23NO/c1-22-20-10-9-16(15-5-3-2-4-6-15)13-19(20)21-18-12-14-7-8-17(18)11-14/h2-6,9-10,13-14,17-18,21H,7-8,11-12H2,1H3/t14-,17-,18+/m1/s1. The first-order valence-corrected chi connectivity index (χ1v) is 8.33. The van der Waals surface area contributed by atoms with Crippen LogP contribution in [0.5, 0.6) is 5.75 Å². The van der Waals surface area contributed by atoms with E-state index in [1.807, 2.05) is 0 Å². The van der Waals surface area contributed by atoms with Crippen molar-refractivity contribution < 1.29 is 4.74 Å². The summed E-state index contributed by atoms with van der Waals surface area (Å²) in [4.78, 5) is 0. The Bertz CT molecular complexity index is 652. The van der Waals surface area contributed by atoms with Gasteiger partial charge in [-0.15, -0.1) is 0 Å². The Hall–Kier alpha value is -1.96. The van der Waals surface area contributed by atoms with Crippen LogP contribution < -0.4 is 10.1 Å². The van der Waals surface area contributed by atoms with Crippen molar-refractivity contribution in [1.29, 1.82) is 0 Å². The average molecular weight is 293 g/mol. The summed E-state index contributed by atoms with van der Waals surface area (Å²) in [5, 5.41) is 3.78. The minimum absolute atomic E-state index is 0.624. The maximum absolute atomic E-state index is 5.56. The summed E-state index contributed by atoms with van der Waals surface area (Å²) in [6, 6.07) is 17.6. The van der Waals surface area contributed by atoms with Crippen molar-refractivity contribution in [2.45, 2.75) is 31.7 Å². The first kappa shape index (κ1) is 13.7. The number of benzene rings is 2. The number of fused-ring (bicyclic) bond motifs is 2. The van der Waals surface area contributed by atoms with Crippen LogP contribution in [0.2, 0.25) is 0 Å². The molecule has 0 saturated heterocycles. The number of hydrogen-bond donors (Lipinski definition) is 1. The van der Waals surface area contributed by atoms with Gasteiger partial charge < -0.3 is 10.1 Å². The Morgan fingerprint density at radius 1 is 0.955 bits per heavy atom. The monoisotopic (exact) mass is 293 g/mol. The third-order valence-corrected chi connectivity index (χ3v) is 5.39. The molecule has 2 aliphatic carbocycles. The molecule has 2 fully saturated rings. The van der Waals surface area contributed by atoms with Gasteiger partial charge in [0.2, 0.25) is 0 Å². The second kappa shape index (κ2) is 5.68. The molecule has 0 amide bonds. The first-order valence-electron chi connectivity index (χ1n) is 8.33. The van der Waals surface area contributed by atoms with Crippen molar-refractivity contribution in [3.8, 4) is 16.9 Å². The Morgan fingerprint density at radius 2 is 1.82 bits per heavy atom. The van der Waals surface area contributed by atoms with Gasteiger partial charge in [0.25, 0.3) is 0 Å². The summed E-state index contributed by atoms with van der Waals surface area (Å²) in [6.45, 7) is 0. The van der Waals surface area contributed by atoms with Gasteiger partial charge in [-0.25, -0.2) is 0 Å². The summed E-state index contributed by atoms with van der Waals surface area (Å²) in [7, 11) is 1.75. The zero-order valence-electron chi connectivity index (χ0n) is 13.1. The molecular weight excluding hydrogens is 270 g/mol. The van der Waals surface area contributed by atoms with E-state index in [1.165, 1.54) is 36.8 Å². The van der Waals surface area contributed by atoms with Gasteiger partial charge >= 0.3 is 0 Å². The highest BCUT2D eigenvalue weighted by Crippen LogP contribution is 2.46. The number of nitrogens with one attached hydrogen (secondary N) is 1. The lowest BCUT2D eigenvalue weighted by molar-refractivity contribution is 0.410. The molecule has 3 atom stereocenters. The third-order valence-electron chi connectivity index (χ3n) is 5.39. The molecule has 0 unspecified atom stereocenters. The smallest absolute Gasteiger partial charge is 0.141 e. The molecule has 0 aliphatic heterocycles. The highest BCUT2D eigenvalue weighted by atomic mass is 16.5. The number of ether oxygens (including phenoxy) is 1. The number of methoxy groups -OCH3 is 1. The van der Waals surface area contributed by atoms with Crippen LogP contribution in [0.3, 0.4) is 0 Å². The average Bonchev–Trinajstić information content (AvgIpc) is 3.18. The fourth-order valence-corrected chi connectivity index (χ4v) is 4.25. The van der Waals surface area contributed by atoms with Crippen LogP contribution in [0, 0.1) is 11.8 Å². The lowest BCUT2D eigenvalue weighted by atomic mass is 9.95. The van der Waals surface area contributed by atoms with Crippen molar-refractivity contribution >= 4 is 5.69 Å². The highest BCUT2D eigenvalue weighted by molar-refractivity contribution is 5.72. The lowest BCUT2D eigenvalue weighted by Gasteiger charge is -2.25. The number of rotatable bonds is 4. The molecule has 2 bridgehead atoms. The minimum Gasteiger partial charge on any atom is -0.495 e. The second-order valence-corrected chi connectivity index (χ2v) is 6.71. The van der Waals surface area contributed by atoms with Gasteiger partial charge in [0, 0.05) is 6.04 Å². The van der Waals surface area contributed by atoms with Crippen molar-refractivity contribution in [3.63, 3.8) is 0 Å². The molecule has 2 nitrogen and oxygen atoms in total. The quantitative estimate of drug-likeness (QED) is 0.860. The molecule has 2 aliphatic rings. The lowest BCUT2D eigenvalue weighted by Crippen LogP contribution is -2.26. The van der Waals surface area contributed by atoms with Crippen molar-refractivity contribution in [2.75, 3.05) is 12.4 Å². The Labute approximate surface area is 132 Å². The van der Waals surface area contributed by atoms with Gasteiger partial charge in [-0.1, -0.05) is 42.8 Å². The molecule has 0 spiro atoms. The second-order valence-electron chi connectivity index (χ2n) is 6.71. The van der Waals surface area contributed by atoms with Gasteiger partial charge in [-0.2, -0.15) is 0 Å². The molecule has 0 radical (unpaired) electrons. The zero-order valence-corrected chi connectivity index (χ0v) is 13.1. The van der Waals surface area contributed by atoms with Crippen LogP contribution in [-0.4, -0.2) is 13.2 Å². The van der Waals surface area contributed by atoms with Crippen molar-refractivity contribution in [2.24, 2.45) is 11.8 Å². The summed E-state index contributed by atoms with van der Waals surface area (Å²) in [5.41, 5.74) is 3.63. The Kier molecular flexibility index (Phi) is 3.53. The Morgan fingerprint density at radius 3 is 2.50 bits per heavy atom. The van der Waals surface area contributed by atoms with Crippen LogP contribution in [0.15, 0.2) is 48.5 Å². The maximum Gasteiger partial charge on any atom is 0.141 e. The zero-order chi connectivity index (χ0) is 14.9. The predicted octanol–water partition coefficient (Wildman–Crippen LogP) is 4.96. The van der Waals surface area contributed by atoms with E-state index in [9.17, 15) is 0 Å². The predicted molar refractivity (Wildman–Crippen MR) is 91.3 cm³/mol. The molecule has 2 aromatic rings. The minimum atomic E-state index is 0.624. The molecule has 114 valence electrons. The molecule has 4 rings (SSSR count). The van der Waals surface area contributed by atoms with E-state index in [0.29, 0.717) is 6.04 Å². The summed E-state index contributed by atoms with van der Waals surface area (Å²) < 4.78 is 5.56. The van der Waals surface area contributed by atoms with Crippen LogP contribution in [-0.2, 0) is 0 Å². The van der Waals surface area contributed by atoms with Gasteiger partial charge in [-0.05, 0) is 54.4 Å². The largest absolute Gasteiger partial charge is 0.495 e. The molecule has 2 heteroatoms. The van der Waals surface area contributed by atoms with Gasteiger partial charge in [-0.3, -0.25) is 0 Å². The van der Waals surface area contributed by atoms with Crippen LogP contribution >= 0.6 is 0 Å². The van der Waals surface area contributed by atoms with Crippen LogP contribution in [0.4, 0.5) is 5.69 Å².